The van der Waals surface area contributed by atoms with Crippen LogP contribution in [-0.2, 0) is 4.74 Å². The minimum Gasteiger partial charge on any atom is -0.378 e. The number of fused-ring (bicyclic) bond motifs is 1. The lowest BCUT2D eigenvalue weighted by atomic mass is 10.1. The summed E-state index contributed by atoms with van der Waals surface area (Å²) < 4.78 is 6.50. The van der Waals surface area contributed by atoms with Crippen molar-refractivity contribution in [2.45, 2.75) is 0 Å². The van der Waals surface area contributed by atoms with E-state index in [1.54, 1.807) is 17.4 Å². The van der Waals surface area contributed by atoms with Gasteiger partial charge in [-0.2, -0.15) is 0 Å². The number of nitro groups is 1. The van der Waals surface area contributed by atoms with E-state index in [0.29, 0.717) is 37.7 Å². The maximum atomic E-state index is 13.1. The molecule has 0 atom stereocenters. The number of aromatic nitrogens is 1. The molecule has 182 valence electrons. The number of nitrogens with zero attached hydrogens (tertiary/aromatic N) is 3. The molecule has 9 nitrogen and oxygen atoms in total. The van der Waals surface area contributed by atoms with E-state index < -0.39 is 10.8 Å². The van der Waals surface area contributed by atoms with Gasteiger partial charge in [0.15, 0.2) is 5.11 Å². The second-order valence-electron chi connectivity index (χ2n) is 8.03. The van der Waals surface area contributed by atoms with Gasteiger partial charge in [0.2, 0.25) is 0 Å². The average molecular weight is 520 g/mol. The fraction of sp³-hybridized carbons (Fsp3) is 0.160. The van der Waals surface area contributed by atoms with Crippen LogP contribution < -0.4 is 15.5 Å². The zero-order valence-electron chi connectivity index (χ0n) is 19.0. The Kier molecular flexibility index (Phi) is 6.85. The number of nitrogens with one attached hydrogen (secondary N) is 2. The zero-order valence-corrected chi connectivity index (χ0v) is 20.6. The largest absolute Gasteiger partial charge is 0.378 e. The number of thiazole rings is 1. The van der Waals surface area contributed by atoms with Crippen molar-refractivity contribution >= 4 is 61.9 Å². The second kappa shape index (κ2) is 10.4. The SMILES string of the molecule is O=C(NC(=S)Nc1ccc(-c2nc3ccccc3s2)cc1)c1cc([N+](=O)[O-])ccc1N1CCOCC1. The number of carbonyl (C=O) groups is 1. The van der Waals surface area contributed by atoms with Crippen LogP contribution in [0.4, 0.5) is 17.1 Å². The highest BCUT2D eigenvalue weighted by atomic mass is 32.1. The fourth-order valence-electron chi connectivity index (χ4n) is 3.92. The lowest BCUT2D eigenvalue weighted by Crippen LogP contribution is -2.39. The van der Waals surface area contributed by atoms with Crippen LogP contribution in [0.25, 0.3) is 20.8 Å². The van der Waals surface area contributed by atoms with E-state index in [-0.39, 0.29) is 16.4 Å². The third kappa shape index (κ3) is 5.18. The summed E-state index contributed by atoms with van der Waals surface area (Å²) in [5, 5.41) is 18.0. The molecule has 1 aliphatic rings. The van der Waals surface area contributed by atoms with Crippen LogP contribution in [0, 0.1) is 10.1 Å². The molecule has 2 N–H and O–H groups in total. The van der Waals surface area contributed by atoms with Crippen molar-refractivity contribution < 1.29 is 14.5 Å². The predicted octanol–water partition coefficient (Wildman–Crippen LogP) is 4.83. The normalized spacial score (nSPS) is 13.4. The van der Waals surface area contributed by atoms with Gasteiger partial charge in [-0.05, 0) is 54.7 Å². The summed E-state index contributed by atoms with van der Waals surface area (Å²) in [7, 11) is 0. The Hall–Kier alpha value is -3.93. The molecule has 1 aromatic heterocycles. The van der Waals surface area contributed by atoms with Gasteiger partial charge in [-0.1, -0.05) is 12.1 Å². The molecule has 2 heterocycles. The number of anilines is 2. The van der Waals surface area contributed by atoms with Crippen molar-refractivity contribution in [3.8, 4) is 10.6 Å². The van der Waals surface area contributed by atoms with Crippen LogP contribution in [-0.4, -0.2) is 47.2 Å². The number of amides is 1. The van der Waals surface area contributed by atoms with Crippen molar-refractivity contribution in [3.05, 3.63) is 82.4 Å². The molecule has 1 aliphatic heterocycles. The maximum absolute atomic E-state index is 13.1. The number of thiocarbonyl (C=S) groups is 1. The molecule has 1 fully saturated rings. The minimum atomic E-state index is -0.524. The van der Waals surface area contributed by atoms with Gasteiger partial charge >= 0.3 is 0 Å². The number of rotatable bonds is 5. The van der Waals surface area contributed by atoms with Gasteiger partial charge in [-0.25, -0.2) is 4.98 Å². The highest BCUT2D eigenvalue weighted by Crippen LogP contribution is 2.31. The van der Waals surface area contributed by atoms with Crippen molar-refractivity contribution in [1.29, 1.82) is 0 Å². The number of morpholine rings is 1. The van der Waals surface area contributed by atoms with E-state index in [4.69, 9.17) is 17.0 Å². The summed E-state index contributed by atoms with van der Waals surface area (Å²) in [4.78, 5) is 30.5. The van der Waals surface area contributed by atoms with Crippen molar-refractivity contribution in [3.63, 3.8) is 0 Å². The number of benzene rings is 3. The molecule has 1 amide bonds. The fourth-order valence-corrected chi connectivity index (χ4v) is 5.11. The Labute approximate surface area is 215 Å². The van der Waals surface area contributed by atoms with E-state index >= 15 is 0 Å². The van der Waals surface area contributed by atoms with Crippen LogP contribution in [0.5, 0.6) is 0 Å². The van der Waals surface area contributed by atoms with Crippen LogP contribution in [0.3, 0.4) is 0 Å². The molecule has 0 unspecified atom stereocenters. The highest BCUT2D eigenvalue weighted by Gasteiger charge is 2.22. The van der Waals surface area contributed by atoms with Gasteiger partial charge in [0, 0.05) is 36.5 Å². The Bertz CT molecular complexity index is 1420. The van der Waals surface area contributed by atoms with Gasteiger partial charge in [-0.15, -0.1) is 11.3 Å². The molecule has 0 aliphatic carbocycles. The molecule has 4 aromatic rings. The van der Waals surface area contributed by atoms with E-state index in [1.807, 2.05) is 53.4 Å². The monoisotopic (exact) mass is 519 g/mol. The minimum absolute atomic E-state index is 0.0900. The van der Waals surface area contributed by atoms with Crippen LogP contribution in [0.15, 0.2) is 66.7 Å². The van der Waals surface area contributed by atoms with Gasteiger partial charge in [0.1, 0.15) is 5.01 Å². The number of para-hydroxylation sites is 1. The molecule has 1 saturated heterocycles. The first kappa shape index (κ1) is 23.8. The summed E-state index contributed by atoms with van der Waals surface area (Å²) in [6.07, 6.45) is 0. The van der Waals surface area contributed by atoms with Crippen LogP contribution in [0.1, 0.15) is 10.4 Å². The number of non-ortho nitro benzene ring substituents is 1. The standard InChI is InChI=1S/C25H21N5O4S2/c31-23(19-15-18(30(32)33)9-10-21(19)29-11-13-34-14-12-29)28-25(35)26-17-7-5-16(6-8-17)24-27-20-3-1-2-4-22(20)36-24/h1-10,15H,11-14H2,(H2,26,28,31,35). The molecular formula is C25H21N5O4S2. The van der Waals surface area contributed by atoms with Crippen molar-refractivity contribution in [1.82, 2.24) is 10.3 Å². The number of ether oxygens (including phenoxy) is 1. The Morgan fingerprint density at radius 1 is 1.08 bits per heavy atom. The Balaban J connectivity index is 1.29. The number of hydrogen-bond donors (Lipinski definition) is 2. The zero-order chi connectivity index (χ0) is 25.1. The van der Waals surface area contributed by atoms with Crippen LogP contribution in [0.2, 0.25) is 0 Å². The van der Waals surface area contributed by atoms with Gasteiger partial charge in [0.05, 0.1) is 39.6 Å². The maximum Gasteiger partial charge on any atom is 0.270 e. The number of hydrogen-bond acceptors (Lipinski definition) is 8. The summed E-state index contributed by atoms with van der Waals surface area (Å²) in [5.74, 6) is -0.524. The quantitative estimate of drug-likeness (QED) is 0.219. The lowest BCUT2D eigenvalue weighted by molar-refractivity contribution is -0.384. The Morgan fingerprint density at radius 3 is 2.56 bits per heavy atom. The van der Waals surface area contributed by atoms with Gasteiger partial charge in [0.25, 0.3) is 11.6 Å². The third-order valence-electron chi connectivity index (χ3n) is 5.70. The smallest absolute Gasteiger partial charge is 0.270 e. The molecule has 0 saturated carbocycles. The van der Waals surface area contributed by atoms with E-state index in [9.17, 15) is 14.9 Å². The van der Waals surface area contributed by atoms with Crippen molar-refractivity contribution in [2.24, 2.45) is 0 Å². The average Bonchev–Trinajstić information content (AvgIpc) is 3.33. The van der Waals surface area contributed by atoms with E-state index in [2.05, 4.69) is 15.6 Å². The molecule has 11 heteroatoms. The second-order valence-corrected chi connectivity index (χ2v) is 9.47. The molecular weight excluding hydrogens is 498 g/mol. The predicted molar refractivity (Wildman–Crippen MR) is 145 cm³/mol. The summed E-state index contributed by atoms with van der Waals surface area (Å²) in [5.41, 5.74) is 3.24. The first-order chi connectivity index (χ1) is 17.5. The van der Waals surface area contributed by atoms with Gasteiger partial charge < -0.3 is 15.0 Å². The lowest BCUT2D eigenvalue weighted by Gasteiger charge is -2.30. The number of carbonyl (C=O) groups excluding carboxylic acids is 1. The van der Waals surface area contributed by atoms with Gasteiger partial charge in [-0.3, -0.25) is 20.2 Å². The van der Waals surface area contributed by atoms with Crippen LogP contribution >= 0.6 is 23.6 Å². The Morgan fingerprint density at radius 2 is 1.83 bits per heavy atom. The first-order valence-corrected chi connectivity index (χ1v) is 12.4. The summed E-state index contributed by atoms with van der Waals surface area (Å²) in [6, 6.07) is 19.8. The highest BCUT2D eigenvalue weighted by molar-refractivity contribution is 7.80. The van der Waals surface area contributed by atoms with Crippen molar-refractivity contribution in [2.75, 3.05) is 36.5 Å². The molecule has 0 radical (unpaired) electrons. The molecule has 5 rings (SSSR count). The molecule has 0 bridgehead atoms. The number of nitro benzene ring substituents is 1. The topological polar surface area (TPSA) is 110 Å². The van der Waals surface area contributed by atoms with E-state index in [0.717, 1.165) is 20.8 Å². The first-order valence-electron chi connectivity index (χ1n) is 11.2. The molecule has 0 spiro atoms. The molecule has 3 aromatic carbocycles. The third-order valence-corrected chi connectivity index (χ3v) is 6.99. The summed E-state index contributed by atoms with van der Waals surface area (Å²) in [6.45, 7) is 2.21. The summed E-state index contributed by atoms with van der Waals surface area (Å²) >= 11 is 6.96. The molecule has 36 heavy (non-hydrogen) atoms. The van der Waals surface area contributed by atoms with E-state index in [1.165, 1.54) is 12.1 Å².